The van der Waals surface area contributed by atoms with Gasteiger partial charge in [0.05, 0.1) is 20.1 Å². The molecule has 0 spiro atoms. The van der Waals surface area contributed by atoms with Crippen molar-refractivity contribution in [1.82, 2.24) is 19.7 Å². The lowest BCUT2D eigenvalue weighted by molar-refractivity contribution is -0.120. The van der Waals surface area contributed by atoms with E-state index in [2.05, 4.69) is 10.4 Å². The molecular weight excluding hydrogens is 416 g/mol. The van der Waals surface area contributed by atoms with Gasteiger partial charge >= 0.3 is 5.69 Å². The highest BCUT2D eigenvalue weighted by molar-refractivity contribution is 5.90. The zero-order valence-electron chi connectivity index (χ0n) is 18.5. The maximum Gasteiger partial charge on any atom is 0.346 e. The number of fused-ring (bicyclic) bond motifs is 1. The molecule has 33 heavy (non-hydrogen) atoms. The minimum atomic E-state index is -0.133. The largest absolute Gasteiger partial charge is 0.497 e. The van der Waals surface area contributed by atoms with Gasteiger partial charge < -0.3 is 10.1 Å². The standard InChI is InChI=1S/C26H26N4O3/c1-33-22-13-9-19(10-14-22)25-28-29(26(32)30(25)21-11-12-21)16-15-27-24(31)17-20-7-4-6-18-5-2-3-8-23(18)20/h2-10,13-14,21H,11-12,15-17H2,1H3,(H,27,31). The van der Waals surface area contributed by atoms with Crippen molar-refractivity contribution in [2.75, 3.05) is 13.7 Å². The van der Waals surface area contributed by atoms with Crippen LogP contribution in [0.4, 0.5) is 0 Å². The van der Waals surface area contributed by atoms with Crippen LogP contribution >= 0.6 is 0 Å². The zero-order chi connectivity index (χ0) is 22.8. The van der Waals surface area contributed by atoms with Crippen molar-refractivity contribution in [1.29, 1.82) is 0 Å². The number of nitrogens with one attached hydrogen (secondary N) is 1. The smallest absolute Gasteiger partial charge is 0.346 e. The monoisotopic (exact) mass is 442 g/mol. The molecule has 1 heterocycles. The first-order valence-electron chi connectivity index (χ1n) is 11.2. The van der Waals surface area contributed by atoms with Crippen LogP contribution < -0.4 is 15.7 Å². The van der Waals surface area contributed by atoms with Gasteiger partial charge in [0.2, 0.25) is 5.91 Å². The normalized spacial score (nSPS) is 13.2. The number of amides is 1. The van der Waals surface area contributed by atoms with E-state index in [4.69, 9.17) is 4.74 Å². The van der Waals surface area contributed by atoms with Crippen LogP contribution in [-0.2, 0) is 17.8 Å². The van der Waals surface area contributed by atoms with E-state index in [0.717, 1.165) is 40.5 Å². The third-order valence-electron chi connectivity index (χ3n) is 6.01. The molecular formula is C26H26N4O3. The van der Waals surface area contributed by atoms with Gasteiger partial charge in [0.25, 0.3) is 0 Å². The van der Waals surface area contributed by atoms with Crippen LogP contribution in [0.3, 0.4) is 0 Å². The number of ether oxygens (including phenoxy) is 1. The topological polar surface area (TPSA) is 78.2 Å². The fourth-order valence-electron chi connectivity index (χ4n) is 4.15. The quantitative estimate of drug-likeness (QED) is 0.453. The molecule has 1 saturated carbocycles. The van der Waals surface area contributed by atoms with E-state index in [1.807, 2.05) is 66.7 Å². The minimum Gasteiger partial charge on any atom is -0.497 e. The number of hydrogen-bond donors (Lipinski definition) is 1. The van der Waals surface area contributed by atoms with Gasteiger partial charge in [-0.05, 0) is 53.4 Å². The van der Waals surface area contributed by atoms with E-state index in [9.17, 15) is 9.59 Å². The molecule has 0 saturated heterocycles. The Morgan fingerprint density at radius 2 is 1.82 bits per heavy atom. The Morgan fingerprint density at radius 1 is 1.06 bits per heavy atom. The summed E-state index contributed by atoms with van der Waals surface area (Å²) in [5, 5.41) is 9.73. The average molecular weight is 443 g/mol. The number of aromatic nitrogens is 3. The summed E-state index contributed by atoms with van der Waals surface area (Å²) in [6, 6.07) is 21.8. The molecule has 1 amide bonds. The van der Waals surface area contributed by atoms with Gasteiger partial charge in [-0.1, -0.05) is 42.5 Å². The SMILES string of the molecule is COc1ccc(-c2nn(CCNC(=O)Cc3cccc4ccccc34)c(=O)n2C2CC2)cc1. The number of rotatable bonds is 8. The highest BCUT2D eigenvalue weighted by Gasteiger charge is 2.30. The Balaban J connectivity index is 1.28. The molecule has 5 rings (SSSR count). The number of carbonyl (C=O) groups is 1. The molecule has 0 unspecified atom stereocenters. The lowest BCUT2D eigenvalue weighted by Crippen LogP contribution is -2.32. The van der Waals surface area contributed by atoms with Crippen molar-refractivity contribution < 1.29 is 9.53 Å². The van der Waals surface area contributed by atoms with Crippen LogP contribution in [0.5, 0.6) is 5.75 Å². The van der Waals surface area contributed by atoms with Gasteiger partial charge in [0.15, 0.2) is 5.82 Å². The van der Waals surface area contributed by atoms with Crippen LogP contribution in [0, 0.1) is 0 Å². The molecule has 0 radical (unpaired) electrons. The van der Waals surface area contributed by atoms with Crippen LogP contribution in [0.1, 0.15) is 24.4 Å². The second-order valence-corrected chi connectivity index (χ2v) is 8.32. The van der Waals surface area contributed by atoms with E-state index in [1.54, 1.807) is 11.7 Å². The van der Waals surface area contributed by atoms with Gasteiger partial charge in [0.1, 0.15) is 5.75 Å². The summed E-state index contributed by atoms with van der Waals surface area (Å²) in [5.41, 5.74) is 1.73. The predicted molar refractivity (Wildman–Crippen MR) is 127 cm³/mol. The van der Waals surface area contributed by atoms with Gasteiger partial charge in [0, 0.05) is 18.2 Å². The number of hydrogen-bond acceptors (Lipinski definition) is 4. The Hall–Kier alpha value is -3.87. The first kappa shape index (κ1) is 21.0. The van der Waals surface area contributed by atoms with Crippen LogP contribution in [0.2, 0.25) is 0 Å². The molecule has 168 valence electrons. The van der Waals surface area contributed by atoms with Crippen molar-refractivity contribution in [3.8, 4) is 17.1 Å². The van der Waals surface area contributed by atoms with Crippen LogP contribution in [-0.4, -0.2) is 33.9 Å². The summed E-state index contributed by atoms with van der Waals surface area (Å²) >= 11 is 0. The lowest BCUT2D eigenvalue weighted by Gasteiger charge is -2.08. The summed E-state index contributed by atoms with van der Waals surface area (Å²) in [5.74, 6) is 1.34. The Bertz CT molecular complexity index is 1340. The fraction of sp³-hybridized carbons (Fsp3) is 0.269. The predicted octanol–water partition coefficient (Wildman–Crippen LogP) is 3.57. The molecule has 4 aromatic rings. The summed E-state index contributed by atoms with van der Waals surface area (Å²) in [6.07, 6.45) is 2.26. The number of benzene rings is 3. The molecule has 1 aromatic heterocycles. The van der Waals surface area contributed by atoms with E-state index >= 15 is 0 Å². The highest BCUT2D eigenvalue weighted by atomic mass is 16.5. The Kier molecular flexibility index (Phi) is 5.69. The second kappa shape index (κ2) is 8.94. The molecule has 1 aliphatic rings. The molecule has 7 heteroatoms. The van der Waals surface area contributed by atoms with E-state index in [-0.39, 0.29) is 17.6 Å². The molecule has 7 nitrogen and oxygen atoms in total. The maximum absolute atomic E-state index is 13.0. The van der Waals surface area contributed by atoms with Crippen molar-refractivity contribution >= 4 is 16.7 Å². The van der Waals surface area contributed by atoms with Gasteiger partial charge in [-0.15, -0.1) is 5.10 Å². The molecule has 0 atom stereocenters. The summed E-state index contributed by atoms with van der Waals surface area (Å²) < 4.78 is 8.46. The molecule has 0 bridgehead atoms. The minimum absolute atomic E-state index is 0.0728. The van der Waals surface area contributed by atoms with Crippen LogP contribution in [0.15, 0.2) is 71.5 Å². The molecule has 1 aliphatic carbocycles. The highest BCUT2D eigenvalue weighted by Crippen LogP contribution is 2.36. The first-order chi connectivity index (χ1) is 16.1. The lowest BCUT2D eigenvalue weighted by atomic mass is 10.0. The average Bonchev–Trinajstić information content (AvgIpc) is 3.63. The van der Waals surface area contributed by atoms with Gasteiger partial charge in [-0.25, -0.2) is 9.48 Å². The van der Waals surface area contributed by atoms with Crippen molar-refractivity contribution in [3.05, 3.63) is 82.8 Å². The third-order valence-corrected chi connectivity index (χ3v) is 6.01. The Labute approximate surface area is 191 Å². The summed E-state index contributed by atoms with van der Waals surface area (Å²) in [6.45, 7) is 0.663. The van der Waals surface area contributed by atoms with Crippen LogP contribution in [0.25, 0.3) is 22.2 Å². The summed E-state index contributed by atoms with van der Waals surface area (Å²) in [7, 11) is 1.62. The van der Waals surface area contributed by atoms with Crippen molar-refractivity contribution in [3.63, 3.8) is 0 Å². The fourth-order valence-corrected chi connectivity index (χ4v) is 4.15. The maximum atomic E-state index is 13.0. The molecule has 1 N–H and O–H groups in total. The summed E-state index contributed by atoms with van der Waals surface area (Å²) in [4.78, 5) is 25.6. The number of methoxy groups -OCH3 is 1. The van der Waals surface area contributed by atoms with Crippen molar-refractivity contribution in [2.24, 2.45) is 0 Å². The van der Waals surface area contributed by atoms with E-state index in [1.165, 1.54) is 4.68 Å². The van der Waals surface area contributed by atoms with Gasteiger partial charge in [-0.2, -0.15) is 0 Å². The molecule has 1 fully saturated rings. The second-order valence-electron chi connectivity index (χ2n) is 8.32. The first-order valence-corrected chi connectivity index (χ1v) is 11.2. The van der Waals surface area contributed by atoms with Crippen molar-refractivity contribution in [2.45, 2.75) is 31.8 Å². The van der Waals surface area contributed by atoms with E-state index in [0.29, 0.717) is 25.3 Å². The molecule has 0 aliphatic heterocycles. The zero-order valence-corrected chi connectivity index (χ0v) is 18.5. The third kappa shape index (κ3) is 4.39. The van der Waals surface area contributed by atoms with E-state index < -0.39 is 0 Å². The number of carbonyl (C=O) groups excluding carboxylic acids is 1. The van der Waals surface area contributed by atoms with Gasteiger partial charge in [-0.3, -0.25) is 9.36 Å². The number of nitrogens with zero attached hydrogens (tertiary/aromatic N) is 3. The Morgan fingerprint density at radius 3 is 2.58 bits per heavy atom. The molecule has 3 aromatic carbocycles.